The molecule has 0 spiro atoms. The summed E-state index contributed by atoms with van der Waals surface area (Å²) < 4.78 is 36.5. The summed E-state index contributed by atoms with van der Waals surface area (Å²) in [6, 6.07) is 4.98. The molecule has 0 saturated carbocycles. The first kappa shape index (κ1) is 16.6. The minimum absolute atomic E-state index is 0.0595. The lowest BCUT2D eigenvalue weighted by Gasteiger charge is -2.20. The van der Waals surface area contributed by atoms with Crippen LogP contribution < -0.4 is 5.32 Å². The fraction of sp³-hybridized carbons (Fsp3) is 0.538. The van der Waals surface area contributed by atoms with Crippen LogP contribution in [0.3, 0.4) is 0 Å². The third kappa shape index (κ3) is 5.59. The maximum atomic E-state index is 12.2. The molecule has 1 N–H and O–H groups in total. The Bertz CT molecular complexity index is 407. The van der Waals surface area contributed by atoms with Crippen molar-refractivity contribution in [3.8, 4) is 0 Å². The summed E-state index contributed by atoms with van der Waals surface area (Å²) in [5.74, 6) is 0. The van der Waals surface area contributed by atoms with Crippen LogP contribution in [0.4, 0.5) is 13.2 Å². The number of halogens is 5. The highest BCUT2D eigenvalue weighted by Gasteiger charge is 2.27. The van der Waals surface area contributed by atoms with Crippen LogP contribution in [-0.2, 0) is 0 Å². The molecule has 0 amide bonds. The van der Waals surface area contributed by atoms with Crippen LogP contribution in [0.2, 0.25) is 10.0 Å². The van der Waals surface area contributed by atoms with Gasteiger partial charge in [-0.2, -0.15) is 13.2 Å². The Hall–Kier alpha value is -0.450. The van der Waals surface area contributed by atoms with Gasteiger partial charge in [-0.25, -0.2) is 0 Å². The largest absolute Gasteiger partial charge is 0.389 e. The third-order valence-electron chi connectivity index (χ3n) is 2.76. The van der Waals surface area contributed by atoms with Crippen molar-refractivity contribution < 1.29 is 13.2 Å². The molecule has 1 nitrogen and oxygen atoms in total. The molecule has 1 rings (SSSR count). The second-order valence-corrected chi connectivity index (χ2v) is 5.05. The highest BCUT2D eigenvalue weighted by atomic mass is 35.5. The van der Waals surface area contributed by atoms with Gasteiger partial charge in [-0.3, -0.25) is 0 Å². The quantitative estimate of drug-likeness (QED) is 0.743. The number of nitrogens with one attached hydrogen (secondary N) is 1. The molecule has 6 heteroatoms. The first-order valence-corrected chi connectivity index (χ1v) is 6.84. The molecule has 0 saturated heterocycles. The molecular weight excluding hydrogens is 298 g/mol. The normalized spacial score (nSPS) is 13.6. The van der Waals surface area contributed by atoms with E-state index in [1.165, 1.54) is 0 Å². The lowest BCUT2D eigenvalue weighted by molar-refractivity contribution is -0.135. The monoisotopic (exact) mass is 313 g/mol. The van der Waals surface area contributed by atoms with E-state index in [4.69, 9.17) is 23.2 Å². The van der Waals surface area contributed by atoms with Crippen LogP contribution >= 0.6 is 23.2 Å². The van der Waals surface area contributed by atoms with E-state index in [9.17, 15) is 13.2 Å². The summed E-state index contributed by atoms with van der Waals surface area (Å²) in [4.78, 5) is 0. The van der Waals surface area contributed by atoms with Gasteiger partial charge in [-0.1, -0.05) is 42.3 Å². The molecule has 0 fully saturated rings. The average molecular weight is 314 g/mol. The van der Waals surface area contributed by atoms with E-state index in [0.717, 1.165) is 5.56 Å². The highest BCUT2D eigenvalue weighted by Crippen LogP contribution is 2.33. The summed E-state index contributed by atoms with van der Waals surface area (Å²) in [5.41, 5.74) is 0.748. The van der Waals surface area contributed by atoms with Gasteiger partial charge in [-0.15, -0.1) is 0 Å². The Morgan fingerprint density at radius 3 is 2.53 bits per heavy atom. The summed E-state index contributed by atoms with van der Waals surface area (Å²) in [6.07, 6.45) is -4.47. The van der Waals surface area contributed by atoms with E-state index in [0.29, 0.717) is 23.0 Å². The zero-order valence-corrected chi connectivity index (χ0v) is 12.0. The Kier molecular flexibility index (Phi) is 6.43. The van der Waals surface area contributed by atoms with Gasteiger partial charge >= 0.3 is 6.18 Å². The predicted molar refractivity (Wildman–Crippen MR) is 72.8 cm³/mol. The Labute approximate surface area is 121 Å². The molecule has 1 aromatic carbocycles. The molecule has 108 valence electrons. The van der Waals surface area contributed by atoms with E-state index in [-0.39, 0.29) is 12.5 Å². The maximum absolute atomic E-state index is 12.2. The fourth-order valence-electron chi connectivity index (χ4n) is 1.91. The van der Waals surface area contributed by atoms with Crippen molar-refractivity contribution in [3.63, 3.8) is 0 Å². The molecule has 1 aromatic rings. The number of alkyl halides is 3. The molecule has 0 aliphatic carbocycles. The number of hydrogen-bond donors (Lipinski definition) is 1. The molecule has 0 radical (unpaired) electrons. The van der Waals surface area contributed by atoms with Crippen molar-refractivity contribution in [2.24, 2.45) is 0 Å². The van der Waals surface area contributed by atoms with E-state index in [1.807, 2.05) is 6.92 Å². The van der Waals surface area contributed by atoms with Gasteiger partial charge in [0.15, 0.2) is 0 Å². The van der Waals surface area contributed by atoms with Gasteiger partial charge in [0.05, 0.1) is 10.0 Å². The van der Waals surface area contributed by atoms with Crippen LogP contribution in [0.1, 0.15) is 37.8 Å². The Balaban J connectivity index is 2.74. The van der Waals surface area contributed by atoms with Crippen LogP contribution in [0, 0.1) is 0 Å². The van der Waals surface area contributed by atoms with Gasteiger partial charge in [0.1, 0.15) is 0 Å². The fourth-order valence-corrected chi connectivity index (χ4v) is 2.35. The first-order chi connectivity index (χ1) is 8.85. The molecule has 0 aromatic heterocycles. The summed E-state index contributed by atoms with van der Waals surface area (Å²) in [6.45, 7) is 2.55. The number of hydrogen-bond acceptors (Lipinski definition) is 1. The van der Waals surface area contributed by atoms with Crippen LogP contribution in [0.5, 0.6) is 0 Å². The van der Waals surface area contributed by atoms with Gasteiger partial charge in [0, 0.05) is 12.5 Å². The van der Waals surface area contributed by atoms with Gasteiger partial charge < -0.3 is 5.32 Å². The van der Waals surface area contributed by atoms with Gasteiger partial charge in [0.25, 0.3) is 0 Å². The van der Waals surface area contributed by atoms with E-state index < -0.39 is 12.6 Å². The minimum Gasteiger partial charge on any atom is -0.310 e. The third-order valence-corrected chi connectivity index (χ3v) is 3.59. The molecule has 1 unspecified atom stereocenters. The van der Waals surface area contributed by atoms with Crippen LogP contribution in [-0.4, -0.2) is 12.7 Å². The Morgan fingerprint density at radius 2 is 1.95 bits per heavy atom. The van der Waals surface area contributed by atoms with E-state index >= 15 is 0 Å². The molecule has 0 bridgehead atoms. The topological polar surface area (TPSA) is 12.0 Å². The van der Waals surface area contributed by atoms with Gasteiger partial charge in [-0.05, 0) is 31.0 Å². The van der Waals surface area contributed by atoms with Crippen molar-refractivity contribution in [1.29, 1.82) is 0 Å². The molecule has 0 heterocycles. The number of benzene rings is 1. The average Bonchev–Trinajstić information content (AvgIpc) is 2.30. The summed E-state index contributed by atoms with van der Waals surface area (Å²) in [5, 5.41) is 3.96. The molecule has 0 aliphatic heterocycles. The zero-order chi connectivity index (χ0) is 14.5. The molecule has 1 atom stereocenters. The SMILES string of the molecule is CCNC(CCCC(F)(F)F)c1cccc(Cl)c1Cl. The Morgan fingerprint density at radius 1 is 1.26 bits per heavy atom. The second kappa shape index (κ2) is 7.36. The smallest absolute Gasteiger partial charge is 0.310 e. The predicted octanol–water partition coefficient (Wildman–Crippen LogP) is 5.38. The lowest BCUT2D eigenvalue weighted by atomic mass is 10.0. The molecular formula is C13H16Cl2F3N. The van der Waals surface area contributed by atoms with E-state index in [1.54, 1.807) is 18.2 Å². The maximum Gasteiger partial charge on any atom is 0.389 e. The van der Waals surface area contributed by atoms with Crippen molar-refractivity contribution in [3.05, 3.63) is 33.8 Å². The van der Waals surface area contributed by atoms with E-state index in [2.05, 4.69) is 5.32 Å². The minimum atomic E-state index is -4.12. The van der Waals surface area contributed by atoms with Crippen molar-refractivity contribution in [1.82, 2.24) is 5.32 Å². The number of rotatable bonds is 6. The summed E-state index contributed by atoms with van der Waals surface area (Å²) in [7, 11) is 0. The van der Waals surface area contributed by atoms with Crippen LogP contribution in [0.25, 0.3) is 0 Å². The zero-order valence-electron chi connectivity index (χ0n) is 10.5. The first-order valence-electron chi connectivity index (χ1n) is 6.09. The second-order valence-electron chi connectivity index (χ2n) is 4.26. The molecule has 0 aliphatic rings. The summed E-state index contributed by atoms with van der Waals surface area (Å²) >= 11 is 12.0. The lowest BCUT2D eigenvalue weighted by Crippen LogP contribution is -2.22. The van der Waals surface area contributed by atoms with Gasteiger partial charge in [0.2, 0.25) is 0 Å². The van der Waals surface area contributed by atoms with Crippen molar-refractivity contribution >= 4 is 23.2 Å². The molecule has 19 heavy (non-hydrogen) atoms. The van der Waals surface area contributed by atoms with Crippen LogP contribution in [0.15, 0.2) is 18.2 Å². The standard InChI is InChI=1S/C13H16Cl2F3N/c1-2-19-11(7-4-8-13(16,17)18)9-5-3-6-10(14)12(9)15/h3,5-6,11,19H,2,4,7-8H2,1H3. The highest BCUT2D eigenvalue weighted by molar-refractivity contribution is 6.42. The van der Waals surface area contributed by atoms with Crippen molar-refractivity contribution in [2.45, 2.75) is 38.4 Å². The van der Waals surface area contributed by atoms with Crippen molar-refractivity contribution in [2.75, 3.05) is 6.54 Å².